The van der Waals surface area contributed by atoms with Crippen molar-refractivity contribution in [2.75, 3.05) is 5.73 Å². The van der Waals surface area contributed by atoms with Crippen LogP contribution in [0.2, 0.25) is 5.28 Å². The molecule has 4 N–H and O–H groups in total. The number of fused-ring (bicyclic) bond motifs is 1. The molecule has 1 aromatic carbocycles. The minimum atomic E-state index is -0.493. The number of nitrogens with zero attached hydrogens (tertiary/aromatic N) is 3. The molecule has 1 amide bonds. The molecule has 2 aromatic heterocycles. The molecular weight excluding hydrogens is 290 g/mol. The monoisotopic (exact) mass is 299 g/mol. The first kappa shape index (κ1) is 13.3. The van der Waals surface area contributed by atoms with Gasteiger partial charge in [0.2, 0.25) is 11.2 Å². The first-order chi connectivity index (χ1) is 10.0. The highest BCUT2D eigenvalue weighted by molar-refractivity contribution is 6.28. The van der Waals surface area contributed by atoms with Crippen molar-refractivity contribution in [2.45, 2.75) is 0 Å². The molecule has 21 heavy (non-hydrogen) atoms. The number of hydrogen-bond acceptors (Lipinski definition) is 5. The summed E-state index contributed by atoms with van der Waals surface area (Å²) >= 11 is 5.79. The Morgan fingerprint density at radius 3 is 2.67 bits per heavy atom. The molecule has 0 unspecified atom stereocenters. The fourth-order valence-corrected chi connectivity index (χ4v) is 2.17. The van der Waals surface area contributed by atoms with Gasteiger partial charge in [-0.1, -0.05) is 12.1 Å². The first-order valence-electron chi connectivity index (χ1n) is 6.04. The van der Waals surface area contributed by atoms with E-state index in [0.29, 0.717) is 22.3 Å². The Morgan fingerprint density at radius 1 is 1.10 bits per heavy atom. The molecule has 3 aromatic rings. The van der Waals surface area contributed by atoms with Gasteiger partial charge in [0.05, 0.1) is 11.1 Å². The molecule has 104 valence electrons. The molecule has 0 bridgehead atoms. The Kier molecular flexibility index (Phi) is 3.15. The van der Waals surface area contributed by atoms with Gasteiger partial charge in [-0.05, 0) is 35.9 Å². The molecule has 0 aliphatic heterocycles. The highest BCUT2D eigenvalue weighted by Crippen LogP contribution is 2.24. The number of carbonyl (C=O) groups excluding carboxylic acids is 1. The van der Waals surface area contributed by atoms with Crippen molar-refractivity contribution in [3.63, 3.8) is 0 Å². The van der Waals surface area contributed by atoms with E-state index >= 15 is 0 Å². The van der Waals surface area contributed by atoms with Crippen LogP contribution in [-0.4, -0.2) is 20.9 Å². The molecule has 0 radical (unpaired) electrons. The van der Waals surface area contributed by atoms with E-state index < -0.39 is 5.91 Å². The van der Waals surface area contributed by atoms with Crippen LogP contribution in [0.5, 0.6) is 0 Å². The molecule has 0 fully saturated rings. The maximum atomic E-state index is 11.2. The number of nitrogens with two attached hydrogens (primary N) is 2. The second-order valence-corrected chi connectivity index (χ2v) is 4.73. The summed E-state index contributed by atoms with van der Waals surface area (Å²) in [4.78, 5) is 23.6. The minimum absolute atomic E-state index is 0.0375. The standard InChI is InChI=1S/C14H10ClN5O/c15-14-19-11(16)9-4-5-10(18-13(9)20-14)7-2-1-3-8(6-7)12(17)21/h1-6H,(H2,17,21)(H2,16,18,19,20). The van der Waals surface area contributed by atoms with Gasteiger partial charge < -0.3 is 11.5 Å². The van der Waals surface area contributed by atoms with Crippen molar-refractivity contribution in [1.82, 2.24) is 15.0 Å². The lowest BCUT2D eigenvalue weighted by molar-refractivity contribution is 0.100. The number of rotatable bonds is 2. The molecule has 2 heterocycles. The molecule has 0 aliphatic carbocycles. The Labute approximate surface area is 124 Å². The average molecular weight is 300 g/mol. The number of nitrogen functional groups attached to an aromatic ring is 1. The van der Waals surface area contributed by atoms with E-state index in [9.17, 15) is 4.79 Å². The van der Waals surface area contributed by atoms with Gasteiger partial charge in [-0.25, -0.2) is 9.97 Å². The number of carbonyl (C=O) groups is 1. The largest absolute Gasteiger partial charge is 0.383 e. The van der Waals surface area contributed by atoms with Gasteiger partial charge >= 0.3 is 0 Å². The molecule has 0 atom stereocenters. The van der Waals surface area contributed by atoms with Crippen molar-refractivity contribution in [3.05, 3.63) is 47.2 Å². The van der Waals surface area contributed by atoms with Gasteiger partial charge in [-0.15, -0.1) is 0 Å². The van der Waals surface area contributed by atoms with E-state index in [-0.39, 0.29) is 11.1 Å². The Balaban J connectivity index is 2.17. The topological polar surface area (TPSA) is 108 Å². The lowest BCUT2D eigenvalue weighted by Crippen LogP contribution is -2.10. The second kappa shape index (κ2) is 4.99. The van der Waals surface area contributed by atoms with E-state index in [2.05, 4.69) is 15.0 Å². The predicted molar refractivity (Wildman–Crippen MR) is 80.7 cm³/mol. The van der Waals surface area contributed by atoms with Crippen LogP contribution in [0.25, 0.3) is 22.3 Å². The van der Waals surface area contributed by atoms with Crippen LogP contribution in [0, 0.1) is 0 Å². The van der Waals surface area contributed by atoms with Crippen molar-refractivity contribution in [2.24, 2.45) is 5.73 Å². The smallest absolute Gasteiger partial charge is 0.248 e. The van der Waals surface area contributed by atoms with Crippen molar-refractivity contribution in [1.29, 1.82) is 0 Å². The van der Waals surface area contributed by atoms with Crippen LogP contribution in [-0.2, 0) is 0 Å². The minimum Gasteiger partial charge on any atom is -0.383 e. The SMILES string of the molecule is NC(=O)c1cccc(-c2ccc3c(N)nc(Cl)nc3n2)c1. The first-order valence-corrected chi connectivity index (χ1v) is 6.42. The number of hydrogen-bond donors (Lipinski definition) is 2. The molecule has 0 spiro atoms. The van der Waals surface area contributed by atoms with Crippen molar-refractivity contribution in [3.8, 4) is 11.3 Å². The third-order valence-electron chi connectivity index (χ3n) is 3.00. The molecule has 0 aliphatic rings. The Hall–Kier alpha value is -2.73. The van der Waals surface area contributed by atoms with E-state index in [1.54, 1.807) is 30.3 Å². The van der Waals surface area contributed by atoms with Crippen molar-refractivity contribution < 1.29 is 4.79 Å². The van der Waals surface area contributed by atoms with Crippen LogP contribution in [0.15, 0.2) is 36.4 Å². The maximum Gasteiger partial charge on any atom is 0.248 e. The van der Waals surface area contributed by atoms with Gasteiger partial charge in [-0.2, -0.15) is 4.98 Å². The van der Waals surface area contributed by atoms with Gasteiger partial charge in [0, 0.05) is 11.1 Å². The van der Waals surface area contributed by atoms with Crippen LogP contribution < -0.4 is 11.5 Å². The summed E-state index contributed by atoms with van der Waals surface area (Å²) in [5.41, 5.74) is 13.2. The van der Waals surface area contributed by atoms with Crippen molar-refractivity contribution >= 4 is 34.4 Å². The summed E-state index contributed by atoms with van der Waals surface area (Å²) < 4.78 is 0. The van der Waals surface area contributed by atoms with E-state index in [1.807, 2.05) is 6.07 Å². The summed E-state index contributed by atoms with van der Waals surface area (Å²) in [7, 11) is 0. The zero-order chi connectivity index (χ0) is 15.0. The number of benzene rings is 1. The quantitative estimate of drug-likeness (QED) is 0.704. The van der Waals surface area contributed by atoms with Crippen LogP contribution in [0.3, 0.4) is 0 Å². The highest BCUT2D eigenvalue weighted by Gasteiger charge is 2.09. The second-order valence-electron chi connectivity index (χ2n) is 4.39. The average Bonchev–Trinajstić information content (AvgIpc) is 2.46. The third-order valence-corrected chi connectivity index (χ3v) is 3.17. The number of aromatic nitrogens is 3. The fraction of sp³-hybridized carbons (Fsp3) is 0. The lowest BCUT2D eigenvalue weighted by atomic mass is 10.1. The van der Waals surface area contributed by atoms with Gasteiger partial charge in [0.15, 0.2) is 5.65 Å². The zero-order valence-electron chi connectivity index (χ0n) is 10.7. The normalized spacial score (nSPS) is 10.7. The number of pyridine rings is 1. The summed E-state index contributed by atoms with van der Waals surface area (Å²) in [5.74, 6) is -0.220. The Bertz CT molecular complexity index is 865. The van der Waals surface area contributed by atoms with Gasteiger partial charge in [-0.3, -0.25) is 4.79 Å². The summed E-state index contributed by atoms with van der Waals surface area (Å²) in [6.45, 7) is 0. The number of primary amides is 1. The fourth-order valence-electron chi connectivity index (χ4n) is 2.00. The highest BCUT2D eigenvalue weighted by atomic mass is 35.5. The van der Waals surface area contributed by atoms with E-state index in [0.717, 1.165) is 5.56 Å². The molecule has 7 heteroatoms. The molecule has 0 saturated heterocycles. The molecule has 0 saturated carbocycles. The maximum absolute atomic E-state index is 11.2. The Morgan fingerprint density at radius 2 is 1.90 bits per heavy atom. The molecular formula is C14H10ClN5O. The summed E-state index contributed by atoms with van der Waals surface area (Å²) in [6, 6.07) is 10.4. The van der Waals surface area contributed by atoms with Gasteiger partial charge in [0.1, 0.15) is 5.82 Å². The lowest BCUT2D eigenvalue weighted by Gasteiger charge is -2.05. The zero-order valence-corrected chi connectivity index (χ0v) is 11.5. The number of halogens is 1. The molecule has 3 rings (SSSR count). The van der Waals surface area contributed by atoms with Crippen LogP contribution in [0.4, 0.5) is 5.82 Å². The van der Waals surface area contributed by atoms with E-state index in [4.69, 9.17) is 23.1 Å². The predicted octanol–water partition coefficient (Wildman–Crippen LogP) is 2.03. The van der Waals surface area contributed by atoms with E-state index in [1.165, 1.54) is 0 Å². The third kappa shape index (κ3) is 2.48. The van der Waals surface area contributed by atoms with Crippen LogP contribution in [0.1, 0.15) is 10.4 Å². The summed E-state index contributed by atoms with van der Waals surface area (Å²) in [6.07, 6.45) is 0. The molecule has 6 nitrogen and oxygen atoms in total. The van der Waals surface area contributed by atoms with Crippen LogP contribution >= 0.6 is 11.6 Å². The number of amides is 1. The number of anilines is 1. The summed E-state index contributed by atoms with van der Waals surface area (Å²) in [5, 5.41) is 0.657. The van der Waals surface area contributed by atoms with Gasteiger partial charge in [0.25, 0.3) is 0 Å².